The largest absolute Gasteiger partial charge is 0.264 e. The first-order chi connectivity index (χ1) is 13.3. The molecule has 0 bridgehead atoms. The van der Waals surface area contributed by atoms with Gasteiger partial charge in [-0.15, -0.1) is 0 Å². The molecule has 0 aliphatic carbocycles. The Balaban J connectivity index is 2.14. The Hall–Kier alpha value is -1.90. The Labute approximate surface area is 174 Å². The molecule has 8 heteroatoms. The highest BCUT2D eigenvalue weighted by Gasteiger charge is 2.43. The fourth-order valence-corrected chi connectivity index (χ4v) is 6.80. The molecule has 1 aliphatic heterocycles. The van der Waals surface area contributed by atoms with Crippen LogP contribution in [0.4, 0.5) is 5.69 Å². The van der Waals surface area contributed by atoms with Crippen molar-refractivity contribution < 1.29 is 16.8 Å². The zero-order chi connectivity index (χ0) is 21.8. The molecule has 1 unspecified atom stereocenters. The molecule has 158 valence electrons. The first-order valence-electron chi connectivity index (χ1n) is 9.47. The van der Waals surface area contributed by atoms with Crippen molar-refractivity contribution in [2.75, 3.05) is 18.4 Å². The van der Waals surface area contributed by atoms with Crippen molar-refractivity contribution in [1.82, 2.24) is 4.31 Å². The Bertz CT molecular complexity index is 1140. The van der Waals surface area contributed by atoms with Gasteiger partial charge in [-0.3, -0.25) is 4.31 Å². The highest BCUT2D eigenvalue weighted by Crippen LogP contribution is 2.46. The van der Waals surface area contributed by atoms with Crippen LogP contribution in [0.2, 0.25) is 0 Å². The predicted octanol–water partition coefficient (Wildman–Crippen LogP) is 3.73. The van der Waals surface area contributed by atoms with Gasteiger partial charge in [0.15, 0.2) is 0 Å². The molecule has 0 radical (unpaired) electrons. The molecule has 0 N–H and O–H groups in total. The van der Waals surface area contributed by atoms with Gasteiger partial charge in [0, 0.05) is 14.1 Å². The normalized spacial score (nSPS) is 19.3. The maximum atomic E-state index is 13.6. The summed E-state index contributed by atoms with van der Waals surface area (Å²) in [5, 5.41) is 0. The van der Waals surface area contributed by atoms with E-state index in [1.54, 1.807) is 0 Å². The van der Waals surface area contributed by atoms with Crippen LogP contribution in [-0.4, -0.2) is 40.8 Å². The van der Waals surface area contributed by atoms with Gasteiger partial charge in [0.1, 0.15) is 0 Å². The second-order valence-corrected chi connectivity index (χ2v) is 12.4. The Morgan fingerprint density at radius 3 is 2.07 bits per heavy atom. The van der Waals surface area contributed by atoms with Gasteiger partial charge in [-0.2, -0.15) is 0 Å². The maximum Gasteiger partial charge on any atom is 0.264 e. The molecule has 2 aromatic rings. The molecular weight excluding hydrogens is 408 g/mol. The van der Waals surface area contributed by atoms with Crippen molar-refractivity contribution in [2.45, 2.75) is 55.4 Å². The first-order valence-corrected chi connectivity index (χ1v) is 12.3. The number of hydrogen-bond donors (Lipinski definition) is 0. The average molecular weight is 437 g/mol. The molecule has 0 aromatic heterocycles. The topological polar surface area (TPSA) is 74.8 Å². The number of benzene rings is 2. The molecule has 2 aromatic carbocycles. The number of aryl methyl sites for hydroxylation is 1. The molecule has 0 spiro atoms. The van der Waals surface area contributed by atoms with Crippen LogP contribution in [0.1, 0.15) is 44.2 Å². The van der Waals surface area contributed by atoms with Crippen LogP contribution in [0.3, 0.4) is 0 Å². The summed E-state index contributed by atoms with van der Waals surface area (Å²) in [6.07, 6.45) is 0.690. The third kappa shape index (κ3) is 3.69. The van der Waals surface area contributed by atoms with E-state index in [-0.39, 0.29) is 15.7 Å². The van der Waals surface area contributed by atoms with Crippen LogP contribution in [0.15, 0.2) is 52.3 Å². The summed E-state index contributed by atoms with van der Waals surface area (Å²) in [5.41, 5.74) is 2.07. The van der Waals surface area contributed by atoms with Gasteiger partial charge < -0.3 is 0 Å². The van der Waals surface area contributed by atoms with Gasteiger partial charge in [-0.25, -0.2) is 21.1 Å². The standard InChI is InChI=1S/C21H28N2O4S2/c1-15-7-12-19-16(2)14-21(3,4)23(20(19)13-15)29(26,27)18-10-8-17(9-11-18)28(24,25)22(5)6/h7-13,16H,14H2,1-6H3. The van der Waals surface area contributed by atoms with Crippen molar-refractivity contribution in [1.29, 1.82) is 0 Å². The van der Waals surface area contributed by atoms with E-state index in [0.717, 1.165) is 15.4 Å². The number of nitrogens with zero attached hydrogens (tertiary/aromatic N) is 2. The van der Waals surface area contributed by atoms with E-state index in [2.05, 4.69) is 6.92 Å². The van der Waals surface area contributed by atoms with Crippen LogP contribution in [0, 0.1) is 6.92 Å². The number of fused-ring (bicyclic) bond motifs is 1. The molecule has 29 heavy (non-hydrogen) atoms. The lowest BCUT2D eigenvalue weighted by molar-refractivity contribution is 0.413. The summed E-state index contributed by atoms with van der Waals surface area (Å²) in [5.74, 6) is 0.236. The van der Waals surface area contributed by atoms with Crippen molar-refractivity contribution in [3.63, 3.8) is 0 Å². The second kappa shape index (κ2) is 7.11. The van der Waals surface area contributed by atoms with Crippen LogP contribution in [-0.2, 0) is 20.0 Å². The number of anilines is 1. The third-order valence-corrected chi connectivity index (χ3v) is 9.30. The highest BCUT2D eigenvalue weighted by molar-refractivity contribution is 7.93. The Kier molecular flexibility index (Phi) is 5.34. The lowest BCUT2D eigenvalue weighted by Crippen LogP contribution is -2.51. The number of hydrogen-bond acceptors (Lipinski definition) is 4. The lowest BCUT2D eigenvalue weighted by atomic mass is 9.81. The predicted molar refractivity (Wildman–Crippen MR) is 115 cm³/mol. The summed E-state index contributed by atoms with van der Waals surface area (Å²) in [6, 6.07) is 11.3. The smallest absolute Gasteiger partial charge is 0.260 e. The second-order valence-electron chi connectivity index (χ2n) is 8.51. The minimum Gasteiger partial charge on any atom is -0.260 e. The van der Waals surface area contributed by atoms with E-state index in [0.29, 0.717) is 12.1 Å². The molecular formula is C21H28N2O4S2. The molecule has 0 amide bonds. The minimum absolute atomic E-state index is 0.0595. The monoisotopic (exact) mass is 436 g/mol. The van der Waals surface area contributed by atoms with Gasteiger partial charge in [0.05, 0.1) is 21.0 Å². The molecule has 0 saturated heterocycles. The molecule has 1 heterocycles. The fourth-order valence-electron chi connectivity index (χ4n) is 4.07. The average Bonchev–Trinajstić information content (AvgIpc) is 2.60. The molecule has 0 fully saturated rings. The van der Waals surface area contributed by atoms with Gasteiger partial charge in [0.25, 0.3) is 10.0 Å². The van der Waals surface area contributed by atoms with Crippen LogP contribution in [0.25, 0.3) is 0 Å². The van der Waals surface area contributed by atoms with Gasteiger partial charge in [0.2, 0.25) is 10.0 Å². The fraction of sp³-hybridized carbons (Fsp3) is 0.429. The summed E-state index contributed by atoms with van der Waals surface area (Å²) < 4.78 is 54.5. The van der Waals surface area contributed by atoms with Gasteiger partial charge in [-0.05, 0) is 74.6 Å². The molecule has 1 aliphatic rings. The van der Waals surface area contributed by atoms with E-state index < -0.39 is 25.6 Å². The van der Waals surface area contributed by atoms with E-state index in [1.807, 2.05) is 39.0 Å². The van der Waals surface area contributed by atoms with Gasteiger partial charge in [-0.1, -0.05) is 19.1 Å². The summed E-state index contributed by atoms with van der Waals surface area (Å²) in [4.78, 5) is 0.134. The Morgan fingerprint density at radius 2 is 1.52 bits per heavy atom. The van der Waals surface area contributed by atoms with Crippen molar-refractivity contribution in [3.05, 3.63) is 53.6 Å². The highest BCUT2D eigenvalue weighted by atomic mass is 32.2. The maximum absolute atomic E-state index is 13.6. The van der Waals surface area contributed by atoms with E-state index in [9.17, 15) is 16.8 Å². The molecule has 1 atom stereocenters. The third-order valence-electron chi connectivity index (χ3n) is 5.43. The zero-order valence-electron chi connectivity index (χ0n) is 17.7. The lowest BCUT2D eigenvalue weighted by Gasteiger charge is -2.46. The summed E-state index contributed by atoms with van der Waals surface area (Å²) in [7, 11) is -4.62. The zero-order valence-corrected chi connectivity index (χ0v) is 19.3. The summed E-state index contributed by atoms with van der Waals surface area (Å²) in [6.45, 7) is 7.91. The SMILES string of the molecule is Cc1ccc2c(c1)N(S(=O)(=O)c1ccc(S(=O)(=O)N(C)C)cc1)C(C)(C)CC2C. The minimum atomic E-state index is -3.88. The van der Waals surface area contributed by atoms with E-state index >= 15 is 0 Å². The molecule has 0 saturated carbocycles. The summed E-state index contributed by atoms with van der Waals surface area (Å²) >= 11 is 0. The van der Waals surface area contributed by atoms with Crippen LogP contribution >= 0.6 is 0 Å². The number of sulfonamides is 2. The molecule has 3 rings (SSSR count). The van der Waals surface area contributed by atoms with E-state index in [4.69, 9.17) is 0 Å². The van der Waals surface area contributed by atoms with Crippen LogP contribution < -0.4 is 4.31 Å². The van der Waals surface area contributed by atoms with Crippen molar-refractivity contribution >= 4 is 25.7 Å². The first kappa shape index (κ1) is 21.8. The number of rotatable bonds is 4. The molecule has 6 nitrogen and oxygen atoms in total. The van der Waals surface area contributed by atoms with E-state index in [1.165, 1.54) is 42.7 Å². The quantitative estimate of drug-likeness (QED) is 0.732. The van der Waals surface area contributed by atoms with Gasteiger partial charge >= 0.3 is 0 Å². The van der Waals surface area contributed by atoms with Crippen LogP contribution in [0.5, 0.6) is 0 Å². The van der Waals surface area contributed by atoms with Crippen molar-refractivity contribution in [2.24, 2.45) is 0 Å². The van der Waals surface area contributed by atoms with Crippen molar-refractivity contribution in [3.8, 4) is 0 Å². The Morgan fingerprint density at radius 1 is 0.966 bits per heavy atom.